The molecule has 120 valence electrons. The number of aromatic nitrogens is 3. The van der Waals surface area contributed by atoms with Crippen molar-refractivity contribution in [3.63, 3.8) is 0 Å². The Morgan fingerprint density at radius 1 is 1.33 bits per heavy atom. The maximum atomic E-state index is 12.9. The molecule has 0 atom stereocenters. The second kappa shape index (κ2) is 5.13. The van der Waals surface area contributed by atoms with Gasteiger partial charge in [0.15, 0.2) is 17.1 Å². The van der Waals surface area contributed by atoms with Crippen LogP contribution in [0.4, 0.5) is 0 Å². The van der Waals surface area contributed by atoms with Crippen molar-refractivity contribution in [2.75, 3.05) is 6.79 Å². The fraction of sp³-hybridized carbons (Fsp3) is 0.235. The summed E-state index contributed by atoms with van der Waals surface area (Å²) in [6, 6.07) is 7.50. The van der Waals surface area contributed by atoms with Gasteiger partial charge in [-0.15, -0.1) is 0 Å². The fourth-order valence-corrected chi connectivity index (χ4v) is 2.89. The highest BCUT2D eigenvalue weighted by molar-refractivity contribution is 5.70. The van der Waals surface area contributed by atoms with Crippen LogP contribution in [0, 0.1) is 11.3 Å². The Balaban J connectivity index is 2.05. The van der Waals surface area contributed by atoms with Crippen LogP contribution in [0.2, 0.25) is 0 Å². The van der Waals surface area contributed by atoms with E-state index in [2.05, 4.69) is 10.1 Å². The summed E-state index contributed by atoms with van der Waals surface area (Å²) in [6.07, 6.45) is 1.48. The largest absolute Gasteiger partial charge is 0.454 e. The monoisotopic (exact) mass is 322 g/mol. The Kier molecular flexibility index (Phi) is 3.06. The van der Waals surface area contributed by atoms with Crippen molar-refractivity contribution in [2.45, 2.75) is 19.8 Å². The highest BCUT2D eigenvalue weighted by atomic mass is 16.7. The third-order valence-corrected chi connectivity index (χ3v) is 4.04. The summed E-state index contributed by atoms with van der Waals surface area (Å²) in [5.74, 6) is 1.26. The van der Waals surface area contributed by atoms with Gasteiger partial charge in [-0.3, -0.25) is 9.89 Å². The van der Waals surface area contributed by atoms with Gasteiger partial charge in [0.05, 0.1) is 5.69 Å². The molecule has 0 bridgehead atoms. The Morgan fingerprint density at radius 3 is 2.88 bits per heavy atom. The molecule has 4 rings (SSSR count). The van der Waals surface area contributed by atoms with Crippen LogP contribution in [0.5, 0.6) is 11.5 Å². The second-order valence-corrected chi connectivity index (χ2v) is 5.86. The number of H-pyrrole nitrogens is 1. The van der Waals surface area contributed by atoms with E-state index in [9.17, 15) is 10.1 Å². The number of nitrogens with one attached hydrogen (secondary N) is 1. The Hall–Kier alpha value is -3.27. The van der Waals surface area contributed by atoms with Gasteiger partial charge in [0.2, 0.25) is 6.79 Å². The molecule has 1 aliphatic rings. The van der Waals surface area contributed by atoms with E-state index in [1.54, 1.807) is 6.07 Å². The first kappa shape index (κ1) is 14.3. The summed E-state index contributed by atoms with van der Waals surface area (Å²) in [6.45, 7) is 4.06. The first-order valence-corrected chi connectivity index (χ1v) is 7.54. The van der Waals surface area contributed by atoms with Crippen molar-refractivity contribution < 1.29 is 9.47 Å². The van der Waals surface area contributed by atoms with E-state index in [-0.39, 0.29) is 18.3 Å². The average Bonchev–Trinajstić information content (AvgIpc) is 3.19. The van der Waals surface area contributed by atoms with Crippen molar-refractivity contribution in [3.05, 3.63) is 45.9 Å². The van der Waals surface area contributed by atoms with Crippen LogP contribution in [0.1, 0.15) is 30.9 Å². The molecule has 1 aromatic carbocycles. The first-order valence-electron chi connectivity index (χ1n) is 7.54. The molecule has 3 aromatic rings. The van der Waals surface area contributed by atoms with Gasteiger partial charge in [-0.1, -0.05) is 13.8 Å². The lowest BCUT2D eigenvalue weighted by Gasteiger charge is -2.12. The molecule has 3 heterocycles. The molecule has 0 amide bonds. The van der Waals surface area contributed by atoms with Crippen molar-refractivity contribution in [2.24, 2.45) is 0 Å². The minimum atomic E-state index is -0.204. The standard InChI is InChI=1S/C17H14N4O3/c1-9(2)14-15(10-3-4-12-13(5-10)24-8-23-12)20-16-11(6-18)7-19-21(16)17(14)22/h3-5,7,9,19H,8H2,1-2H3. The van der Waals surface area contributed by atoms with Gasteiger partial charge in [0.25, 0.3) is 5.56 Å². The summed E-state index contributed by atoms with van der Waals surface area (Å²) < 4.78 is 12.1. The van der Waals surface area contributed by atoms with Crippen LogP contribution in [0.25, 0.3) is 16.9 Å². The average molecular weight is 322 g/mol. The number of fused-ring (bicyclic) bond motifs is 2. The molecule has 0 aliphatic carbocycles. The lowest BCUT2D eigenvalue weighted by molar-refractivity contribution is 0.174. The predicted molar refractivity (Wildman–Crippen MR) is 86.2 cm³/mol. The Morgan fingerprint density at radius 2 is 2.12 bits per heavy atom. The molecule has 0 saturated heterocycles. The molecule has 7 nitrogen and oxygen atoms in total. The highest BCUT2D eigenvalue weighted by Crippen LogP contribution is 2.37. The second-order valence-electron chi connectivity index (χ2n) is 5.86. The van der Waals surface area contributed by atoms with Gasteiger partial charge in [-0.2, -0.15) is 5.26 Å². The number of ether oxygens (including phenoxy) is 2. The summed E-state index contributed by atoms with van der Waals surface area (Å²) in [7, 11) is 0. The number of benzene rings is 1. The molecule has 0 fully saturated rings. The SMILES string of the molecule is CC(C)c1c(-c2ccc3c(c2)OCO3)nc2c(C#N)c[nH]n2c1=O. The van der Waals surface area contributed by atoms with Crippen LogP contribution in [0.3, 0.4) is 0 Å². The summed E-state index contributed by atoms with van der Waals surface area (Å²) in [4.78, 5) is 17.5. The third-order valence-electron chi connectivity index (χ3n) is 4.04. The topological polar surface area (TPSA) is 92.4 Å². The minimum Gasteiger partial charge on any atom is -0.454 e. The lowest BCUT2D eigenvalue weighted by atomic mass is 9.98. The van der Waals surface area contributed by atoms with E-state index in [4.69, 9.17) is 9.47 Å². The van der Waals surface area contributed by atoms with Gasteiger partial charge < -0.3 is 9.47 Å². The summed E-state index contributed by atoms with van der Waals surface area (Å²) in [5, 5.41) is 12.0. The van der Waals surface area contributed by atoms with Gasteiger partial charge in [-0.25, -0.2) is 9.50 Å². The van der Waals surface area contributed by atoms with Gasteiger partial charge in [0, 0.05) is 17.3 Å². The molecule has 0 unspecified atom stereocenters. The zero-order valence-corrected chi connectivity index (χ0v) is 13.2. The van der Waals surface area contributed by atoms with Crippen LogP contribution >= 0.6 is 0 Å². The molecular formula is C17H14N4O3. The first-order chi connectivity index (χ1) is 11.6. The molecule has 7 heteroatoms. The molecule has 24 heavy (non-hydrogen) atoms. The van der Waals surface area contributed by atoms with Crippen molar-refractivity contribution in [1.29, 1.82) is 5.26 Å². The van der Waals surface area contributed by atoms with E-state index >= 15 is 0 Å². The molecule has 0 spiro atoms. The number of nitrogens with zero attached hydrogens (tertiary/aromatic N) is 3. The highest BCUT2D eigenvalue weighted by Gasteiger charge is 2.22. The molecule has 0 saturated carbocycles. The molecule has 0 radical (unpaired) electrons. The van der Waals surface area contributed by atoms with Crippen LogP contribution in [0.15, 0.2) is 29.2 Å². The maximum absolute atomic E-state index is 12.9. The number of nitriles is 1. The maximum Gasteiger partial charge on any atom is 0.276 e. The molecule has 1 aliphatic heterocycles. The van der Waals surface area contributed by atoms with Crippen LogP contribution in [-0.2, 0) is 0 Å². The zero-order chi connectivity index (χ0) is 16.8. The normalized spacial score (nSPS) is 12.8. The number of rotatable bonds is 2. The smallest absolute Gasteiger partial charge is 0.276 e. The molecule has 1 N–H and O–H groups in total. The van der Waals surface area contributed by atoms with E-state index in [0.717, 1.165) is 5.56 Å². The fourth-order valence-electron chi connectivity index (χ4n) is 2.89. The summed E-state index contributed by atoms with van der Waals surface area (Å²) >= 11 is 0. The van der Waals surface area contributed by atoms with Crippen molar-refractivity contribution >= 4 is 5.65 Å². The zero-order valence-electron chi connectivity index (χ0n) is 13.2. The molecular weight excluding hydrogens is 308 g/mol. The van der Waals surface area contributed by atoms with Gasteiger partial charge >= 0.3 is 0 Å². The van der Waals surface area contributed by atoms with E-state index < -0.39 is 0 Å². The lowest BCUT2D eigenvalue weighted by Crippen LogP contribution is -2.22. The quantitative estimate of drug-likeness (QED) is 0.782. The van der Waals surface area contributed by atoms with Gasteiger partial charge in [-0.05, 0) is 24.1 Å². The van der Waals surface area contributed by atoms with Crippen LogP contribution < -0.4 is 15.0 Å². The van der Waals surface area contributed by atoms with E-state index in [1.165, 1.54) is 10.7 Å². The number of hydrogen-bond acceptors (Lipinski definition) is 5. The summed E-state index contributed by atoms with van der Waals surface area (Å²) in [5.41, 5.74) is 2.34. The van der Waals surface area contributed by atoms with Crippen molar-refractivity contribution in [3.8, 4) is 28.8 Å². The Labute approximate surface area is 137 Å². The Bertz CT molecular complexity index is 1060. The molecule has 2 aromatic heterocycles. The predicted octanol–water partition coefficient (Wildman–Crippen LogP) is 2.41. The number of aromatic amines is 1. The van der Waals surface area contributed by atoms with Crippen LogP contribution in [-0.4, -0.2) is 21.4 Å². The van der Waals surface area contributed by atoms with E-state index in [0.29, 0.717) is 34.0 Å². The third kappa shape index (κ3) is 1.97. The minimum absolute atomic E-state index is 0.0313. The van der Waals surface area contributed by atoms with E-state index in [1.807, 2.05) is 32.0 Å². The van der Waals surface area contributed by atoms with Gasteiger partial charge in [0.1, 0.15) is 11.6 Å². The number of hydrogen-bond donors (Lipinski definition) is 1. The van der Waals surface area contributed by atoms with Crippen molar-refractivity contribution in [1.82, 2.24) is 14.6 Å².